The molecule has 0 bridgehead atoms. The van der Waals surface area contributed by atoms with E-state index in [1.807, 2.05) is 0 Å². The van der Waals surface area contributed by atoms with Crippen molar-refractivity contribution in [3.63, 3.8) is 0 Å². The molecule has 0 aromatic heterocycles. The van der Waals surface area contributed by atoms with Crippen molar-refractivity contribution in [3.8, 4) is 0 Å². The Morgan fingerprint density at radius 3 is 2.05 bits per heavy atom. The zero-order valence-electron chi connectivity index (χ0n) is 12.9. The summed E-state index contributed by atoms with van der Waals surface area (Å²) in [7, 11) is 0. The predicted octanol–water partition coefficient (Wildman–Crippen LogP) is 3.58. The molecule has 1 rings (SSSR count). The number of carbonyl (C=O) groups excluding carboxylic acids is 1. The van der Waals surface area contributed by atoms with Crippen LogP contribution in [0.3, 0.4) is 0 Å². The Hall–Kier alpha value is -1.31. The minimum absolute atomic E-state index is 0.109. The summed E-state index contributed by atoms with van der Waals surface area (Å²) in [6.07, 6.45) is 0.898. The molecule has 1 aromatic carbocycles. The van der Waals surface area contributed by atoms with Crippen LogP contribution in [0.15, 0.2) is 24.3 Å². The Morgan fingerprint density at radius 2 is 1.58 bits per heavy atom. The average Bonchev–Trinajstić information content (AvgIpc) is 2.30. The van der Waals surface area contributed by atoms with Gasteiger partial charge in [0.25, 0.3) is 0 Å². The quantitative estimate of drug-likeness (QED) is 0.833. The predicted molar refractivity (Wildman–Crippen MR) is 81.1 cm³/mol. The van der Waals surface area contributed by atoms with Crippen molar-refractivity contribution in [2.75, 3.05) is 6.54 Å². The fourth-order valence-electron chi connectivity index (χ4n) is 2.58. The third-order valence-electron chi connectivity index (χ3n) is 3.57. The van der Waals surface area contributed by atoms with Gasteiger partial charge in [-0.2, -0.15) is 0 Å². The summed E-state index contributed by atoms with van der Waals surface area (Å²) in [6.45, 7) is 11.3. The van der Waals surface area contributed by atoms with Gasteiger partial charge < -0.3 is 5.32 Å². The first-order chi connectivity index (χ1) is 8.91. The molecule has 0 heterocycles. The van der Waals surface area contributed by atoms with Crippen molar-refractivity contribution < 1.29 is 4.79 Å². The molecule has 1 aromatic rings. The van der Waals surface area contributed by atoms with Crippen molar-refractivity contribution in [2.24, 2.45) is 17.8 Å². The maximum Gasteiger partial charge on any atom is 0.223 e. The molecule has 0 aliphatic heterocycles. The van der Waals surface area contributed by atoms with Crippen LogP contribution in [0.2, 0.25) is 0 Å². The van der Waals surface area contributed by atoms with E-state index in [4.69, 9.17) is 0 Å². The number of benzene rings is 1. The van der Waals surface area contributed by atoms with Crippen LogP contribution in [0.25, 0.3) is 0 Å². The maximum atomic E-state index is 12.2. The zero-order chi connectivity index (χ0) is 14.4. The van der Waals surface area contributed by atoms with E-state index in [1.165, 1.54) is 11.1 Å². The van der Waals surface area contributed by atoms with E-state index in [-0.39, 0.29) is 11.8 Å². The topological polar surface area (TPSA) is 29.1 Å². The molecule has 0 atom stereocenters. The zero-order valence-corrected chi connectivity index (χ0v) is 12.9. The van der Waals surface area contributed by atoms with Gasteiger partial charge in [-0.25, -0.2) is 0 Å². The second kappa shape index (κ2) is 7.32. The highest BCUT2D eigenvalue weighted by molar-refractivity contribution is 5.79. The molecule has 0 radical (unpaired) electrons. The molecule has 0 saturated heterocycles. The summed E-state index contributed by atoms with van der Waals surface area (Å²) in [4.78, 5) is 12.2. The van der Waals surface area contributed by atoms with E-state index in [9.17, 15) is 4.79 Å². The molecule has 0 aliphatic rings. The van der Waals surface area contributed by atoms with Gasteiger partial charge in [-0.15, -0.1) is 0 Å². The summed E-state index contributed by atoms with van der Waals surface area (Å²) in [5.74, 6) is 1.08. The number of carbonyl (C=O) groups is 1. The van der Waals surface area contributed by atoms with Crippen LogP contribution < -0.4 is 5.32 Å². The second-order valence-electron chi connectivity index (χ2n) is 6.04. The van der Waals surface area contributed by atoms with Gasteiger partial charge in [-0.1, -0.05) is 57.5 Å². The lowest BCUT2D eigenvalue weighted by Crippen LogP contribution is -2.37. The van der Waals surface area contributed by atoms with Crippen LogP contribution >= 0.6 is 0 Å². The maximum absolute atomic E-state index is 12.2. The molecule has 0 saturated carbocycles. The highest BCUT2D eigenvalue weighted by Crippen LogP contribution is 2.20. The minimum atomic E-state index is 0.109. The number of amides is 1. The Morgan fingerprint density at radius 1 is 1.05 bits per heavy atom. The first-order valence-corrected chi connectivity index (χ1v) is 7.25. The molecule has 106 valence electrons. The van der Waals surface area contributed by atoms with Crippen molar-refractivity contribution in [2.45, 2.75) is 41.0 Å². The van der Waals surface area contributed by atoms with E-state index < -0.39 is 0 Å². The van der Waals surface area contributed by atoms with E-state index >= 15 is 0 Å². The van der Waals surface area contributed by atoms with E-state index in [0.717, 1.165) is 13.0 Å². The van der Waals surface area contributed by atoms with E-state index in [2.05, 4.69) is 64.2 Å². The normalized spacial score (nSPS) is 11.4. The lowest BCUT2D eigenvalue weighted by atomic mass is 9.85. The standard InChI is InChI=1S/C17H27NO/c1-12(2)16(13(3)4)17(19)18-11-10-15-8-6-14(5)7-9-15/h6-9,12-13,16H,10-11H2,1-5H3,(H,18,19). The van der Waals surface area contributed by atoms with Gasteiger partial charge >= 0.3 is 0 Å². The first-order valence-electron chi connectivity index (χ1n) is 7.25. The third-order valence-corrected chi connectivity index (χ3v) is 3.57. The van der Waals surface area contributed by atoms with Crippen LogP contribution in [0.4, 0.5) is 0 Å². The highest BCUT2D eigenvalue weighted by Gasteiger charge is 2.24. The van der Waals surface area contributed by atoms with Gasteiger partial charge in [-0.05, 0) is 30.7 Å². The summed E-state index contributed by atoms with van der Waals surface area (Å²) in [5.41, 5.74) is 2.55. The highest BCUT2D eigenvalue weighted by atomic mass is 16.1. The van der Waals surface area contributed by atoms with Crippen molar-refractivity contribution in [1.82, 2.24) is 5.32 Å². The summed E-state index contributed by atoms with van der Waals surface area (Å²) in [6, 6.07) is 8.48. The van der Waals surface area contributed by atoms with Gasteiger partial charge in [0.05, 0.1) is 0 Å². The van der Waals surface area contributed by atoms with Crippen LogP contribution in [0.1, 0.15) is 38.8 Å². The summed E-state index contributed by atoms with van der Waals surface area (Å²) >= 11 is 0. The van der Waals surface area contributed by atoms with Gasteiger partial charge in [-0.3, -0.25) is 4.79 Å². The Labute approximate surface area is 117 Å². The Bertz CT molecular complexity index is 384. The van der Waals surface area contributed by atoms with E-state index in [0.29, 0.717) is 11.8 Å². The van der Waals surface area contributed by atoms with Crippen LogP contribution in [0, 0.1) is 24.7 Å². The van der Waals surface area contributed by atoms with Crippen molar-refractivity contribution in [3.05, 3.63) is 35.4 Å². The molecule has 19 heavy (non-hydrogen) atoms. The minimum Gasteiger partial charge on any atom is -0.356 e. The molecule has 2 heteroatoms. The van der Waals surface area contributed by atoms with Crippen molar-refractivity contribution in [1.29, 1.82) is 0 Å². The number of nitrogens with one attached hydrogen (secondary N) is 1. The van der Waals surface area contributed by atoms with Crippen LogP contribution in [0.5, 0.6) is 0 Å². The molecular weight excluding hydrogens is 234 g/mol. The SMILES string of the molecule is Cc1ccc(CCNC(=O)C(C(C)C)C(C)C)cc1. The lowest BCUT2D eigenvalue weighted by molar-refractivity contribution is -0.127. The van der Waals surface area contributed by atoms with Gasteiger partial charge in [0.1, 0.15) is 0 Å². The Balaban J connectivity index is 2.43. The fraction of sp³-hybridized carbons (Fsp3) is 0.588. The van der Waals surface area contributed by atoms with Crippen LogP contribution in [-0.2, 0) is 11.2 Å². The number of hydrogen-bond donors (Lipinski definition) is 1. The lowest BCUT2D eigenvalue weighted by Gasteiger charge is -2.23. The summed E-state index contributed by atoms with van der Waals surface area (Å²) < 4.78 is 0. The molecule has 1 amide bonds. The third kappa shape index (κ3) is 5.06. The Kier molecular flexibility index (Phi) is 6.07. The monoisotopic (exact) mass is 261 g/mol. The largest absolute Gasteiger partial charge is 0.356 e. The molecule has 0 unspecified atom stereocenters. The van der Waals surface area contributed by atoms with Gasteiger partial charge in [0.2, 0.25) is 5.91 Å². The number of rotatable bonds is 6. The van der Waals surface area contributed by atoms with E-state index in [1.54, 1.807) is 0 Å². The fourth-order valence-corrected chi connectivity index (χ4v) is 2.58. The van der Waals surface area contributed by atoms with Gasteiger partial charge in [0, 0.05) is 12.5 Å². The molecule has 2 nitrogen and oxygen atoms in total. The van der Waals surface area contributed by atoms with Crippen LogP contribution in [-0.4, -0.2) is 12.5 Å². The smallest absolute Gasteiger partial charge is 0.223 e. The first kappa shape index (κ1) is 15.7. The number of aryl methyl sites for hydroxylation is 1. The van der Waals surface area contributed by atoms with Gasteiger partial charge in [0.15, 0.2) is 0 Å². The molecular formula is C17H27NO. The average molecular weight is 261 g/mol. The molecule has 0 aliphatic carbocycles. The summed E-state index contributed by atoms with van der Waals surface area (Å²) in [5, 5.41) is 3.07. The second-order valence-corrected chi connectivity index (χ2v) is 6.04. The van der Waals surface area contributed by atoms with Crippen molar-refractivity contribution >= 4 is 5.91 Å². The number of hydrogen-bond acceptors (Lipinski definition) is 1. The molecule has 1 N–H and O–H groups in total. The molecule has 0 spiro atoms. The molecule has 0 fully saturated rings.